The van der Waals surface area contributed by atoms with E-state index in [1.807, 2.05) is 57.2 Å². The van der Waals surface area contributed by atoms with E-state index in [2.05, 4.69) is 26.3 Å². The summed E-state index contributed by atoms with van der Waals surface area (Å²) in [6.45, 7) is 8.47. The first kappa shape index (κ1) is 21.4. The first-order valence-corrected chi connectivity index (χ1v) is 11.2. The molecule has 7 nitrogen and oxygen atoms in total. The number of benzene rings is 1. The maximum Gasteiger partial charge on any atom is 0.260 e. The minimum atomic E-state index is -0.0824. The van der Waals surface area contributed by atoms with E-state index in [1.165, 1.54) is 0 Å². The second kappa shape index (κ2) is 8.84. The average molecular weight is 442 g/mol. The van der Waals surface area contributed by atoms with Gasteiger partial charge in [-0.05, 0) is 56.2 Å². The van der Waals surface area contributed by atoms with Gasteiger partial charge < -0.3 is 10.1 Å². The maximum atomic E-state index is 13.7. The van der Waals surface area contributed by atoms with Gasteiger partial charge in [-0.3, -0.25) is 14.3 Å². The Morgan fingerprint density at radius 1 is 1.09 bits per heavy atom. The van der Waals surface area contributed by atoms with Gasteiger partial charge in [-0.15, -0.1) is 0 Å². The summed E-state index contributed by atoms with van der Waals surface area (Å²) >= 11 is 0. The molecule has 0 bridgehead atoms. The van der Waals surface area contributed by atoms with Crippen LogP contribution in [0, 0.1) is 20.8 Å². The Morgan fingerprint density at radius 3 is 2.73 bits per heavy atom. The summed E-state index contributed by atoms with van der Waals surface area (Å²) in [7, 11) is 0. The van der Waals surface area contributed by atoms with E-state index in [0.29, 0.717) is 36.7 Å². The molecule has 1 aliphatic rings. The SMILES string of the molecule is Cc1cccc(-c2ccc(-c3cc4cnc(C)nc4n(C[C@@H]4CNCCO4)c3=O)c(C)c2)n1. The standard InChI is InChI=1S/C26H27N5O2/c1-16-11-19(24-6-4-5-17(2)29-24)7-8-22(16)23-12-20-13-28-18(3)30-25(20)31(26(23)32)15-21-14-27-9-10-33-21/h4-8,11-13,21,27H,9-10,14-15H2,1-3H3/t21-/m0/s1. The van der Waals surface area contributed by atoms with Gasteiger partial charge in [-0.2, -0.15) is 0 Å². The van der Waals surface area contributed by atoms with E-state index in [-0.39, 0.29) is 11.7 Å². The van der Waals surface area contributed by atoms with Crippen LogP contribution in [0.1, 0.15) is 17.1 Å². The quantitative estimate of drug-likeness (QED) is 0.523. The molecule has 1 saturated heterocycles. The van der Waals surface area contributed by atoms with E-state index >= 15 is 0 Å². The number of rotatable bonds is 4. The van der Waals surface area contributed by atoms with Crippen LogP contribution in [0.25, 0.3) is 33.4 Å². The second-order valence-electron chi connectivity index (χ2n) is 8.56. The van der Waals surface area contributed by atoms with Crippen LogP contribution in [-0.2, 0) is 11.3 Å². The molecule has 4 aromatic rings. The van der Waals surface area contributed by atoms with Crippen LogP contribution >= 0.6 is 0 Å². The van der Waals surface area contributed by atoms with Crippen LogP contribution in [0.15, 0.2) is 53.5 Å². The molecule has 0 saturated carbocycles. The number of ether oxygens (including phenoxy) is 1. The molecule has 33 heavy (non-hydrogen) atoms. The summed E-state index contributed by atoms with van der Waals surface area (Å²) < 4.78 is 7.63. The van der Waals surface area contributed by atoms with Gasteiger partial charge in [0.1, 0.15) is 11.5 Å². The predicted molar refractivity (Wildman–Crippen MR) is 129 cm³/mol. The fraction of sp³-hybridized carbons (Fsp3) is 0.308. The number of aromatic nitrogens is 4. The van der Waals surface area contributed by atoms with E-state index < -0.39 is 0 Å². The van der Waals surface area contributed by atoms with E-state index in [0.717, 1.165) is 40.0 Å². The Balaban J connectivity index is 1.63. The van der Waals surface area contributed by atoms with Crippen molar-refractivity contribution in [2.45, 2.75) is 33.4 Å². The van der Waals surface area contributed by atoms with Crippen molar-refractivity contribution in [1.29, 1.82) is 0 Å². The Morgan fingerprint density at radius 2 is 1.97 bits per heavy atom. The monoisotopic (exact) mass is 441 g/mol. The summed E-state index contributed by atoms with van der Waals surface area (Å²) in [5.74, 6) is 0.636. The zero-order chi connectivity index (χ0) is 22.9. The van der Waals surface area contributed by atoms with Crippen molar-refractivity contribution in [3.8, 4) is 22.4 Å². The Kier molecular flexibility index (Phi) is 5.74. The summed E-state index contributed by atoms with van der Waals surface area (Å²) in [6, 6.07) is 14.0. The molecule has 4 heterocycles. The Hall–Kier alpha value is -3.42. The molecule has 5 rings (SSSR count). The Labute approximate surface area is 192 Å². The normalized spacial score (nSPS) is 16.3. The third kappa shape index (κ3) is 4.29. The average Bonchev–Trinajstić information content (AvgIpc) is 2.82. The zero-order valence-corrected chi connectivity index (χ0v) is 19.1. The van der Waals surface area contributed by atoms with Crippen LogP contribution < -0.4 is 10.9 Å². The highest BCUT2D eigenvalue weighted by molar-refractivity contribution is 5.82. The van der Waals surface area contributed by atoms with E-state index in [9.17, 15) is 4.79 Å². The molecule has 3 aromatic heterocycles. The minimum Gasteiger partial charge on any atom is -0.374 e. The third-order valence-corrected chi connectivity index (χ3v) is 6.04. The largest absolute Gasteiger partial charge is 0.374 e. The van der Waals surface area contributed by atoms with Crippen molar-refractivity contribution in [3.63, 3.8) is 0 Å². The molecule has 1 aliphatic heterocycles. The number of aryl methyl sites for hydroxylation is 3. The Bertz CT molecular complexity index is 1390. The minimum absolute atomic E-state index is 0.0701. The van der Waals surface area contributed by atoms with Crippen molar-refractivity contribution in [3.05, 3.63) is 76.1 Å². The van der Waals surface area contributed by atoms with Crippen molar-refractivity contribution < 1.29 is 4.74 Å². The smallest absolute Gasteiger partial charge is 0.260 e. The molecule has 1 aromatic carbocycles. The second-order valence-corrected chi connectivity index (χ2v) is 8.56. The van der Waals surface area contributed by atoms with E-state index in [1.54, 1.807) is 10.8 Å². The fourth-order valence-corrected chi connectivity index (χ4v) is 4.38. The molecule has 0 unspecified atom stereocenters. The number of nitrogens with zero attached hydrogens (tertiary/aromatic N) is 4. The van der Waals surface area contributed by atoms with Crippen LogP contribution in [0.4, 0.5) is 0 Å². The van der Waals surface area contributed by atoms with E-state index in [4.69, 9.17) is 4.74 Å². The number of morpholine rings is 1. The molecule has 0 radical (unpaired) electrons. The highest BCUT2D eigenvalue weighted by Crippen LogP contribution is 2.28. The lowest BCUT2D eigenvalue weighted by Crippen LogP contribution is -2.42. The molecule has 0 spiro atoms. The van der Waals surface area contributed by atoms with Gasteiger partial charge in [-0.1, -0.05) is 18.2 Å². The van der Waals surface area contributed by atoms with Gasteiger partial charge in [0.15, 0.2) is 0 Å². The molecule has 0 amide bonds. The third-order valence-electron chi connectivity index (χ3n) is 6.04. The molecule has 0 aliphatic carbocycles. The summed E-state index contributed by atoms with van der Waals surface area (Å²) in [5.41, 5.74) is 6.05. The van der Waals surface area contributed by atoms with Gasteiger partial charge in [0.05, 0.1) is 24.9 Å². The predicted octanol–water partition coefficient (Wildman–Crippen LogP) is 3.43. The molecule has 168 valence electrons. The van der Waals surface area contributed by atoms with Crippen molar-refractivity contribution >= 4 is 11.0 Å². The first-order chi connectivity index (χ1) is 16.0. The zero-order valence-electron chi connectivity index (χ0n) is 19.1. The first-order valence-electron chi connectivity index (χ1n) is 11.2. The van der Waals surface area contributed by atoms with Gasteiger partial charge >= 0.3 is 0 Å². The molecule has 1 fully saturated rings. The van der Waals surface area contributed by atoms with Crippen LogP contribution in [-0.4, -0.2) is 45.3 Å². The molecular formula is C26H27N5O2. The lowest BCUT2D eigenvalue weighted by Gasteiger charge is -2.25. The van der Waals surface area contributed by atoms with Gasteiger partial charge in [0.25, 0.3) is 5.56 Å². The summed E-state index contributed by atoms with van der Waals surface area (Å²) in [4.78, 5) is 27.3. The summed E-state index contributed by atoms with van der Waals surface area (Å²) in [5, 5.41) is 4.17. The van der Waals surface area contributed by atoms with Crippen LogP contribution in [0.5, 0.6) is 0 Å². The number of fused-ring (bicyclic) bond motifs is 1. The van der Waals surface area contributed by atoms with Crippen LogP contribution in [0.2, 0.25) is 0 Å². The highest BCUT2D eigenvalue weighted by Gasteiger charge is 2.20. The van der Waals surface area contributed by atoms with Crippen molar-refractivity contribution in [2.75, 3.05) is 19.7 Å². The molecular weight excluding hydrogens is 414 g/mol. The number of hydrogen-bond donors (Lipinski definition) is 1. The lowest BCUT2D eigenvalue weighted by atomic mass is 9.97. The summed E-state index contributed by atoms with van der Waals surface area (Å²) in [6.07, 6.45) is 1.71. The van der Waals surface area contributed by atoms with Gasteiger partial charge in [0, 0.05) is 41.5 Å². The number of nitrogens with one attached hydrogen (secondary N) is 1. The maximum absolute atomic E-state index is 13.7. The topological polar surface area (TPSA) is 81.9 Å². The van der Waals surface area contributed by atoms with Gasteiger partial charge in [0.2, 0.25) is 0 Å². The van der Waals surface area contributed by atoms with Crippen molar-refractivity contribution in [1.82, 2.24) is 24.8 Å². The number of pyridine rings is 2. The van der Waals surface area contributed by atoms with Crippen molar-refractivity contribution in [2.24, 2.45) is 0 Å². The van der Waals surface area contributed by atoms with Gasteiger partial charge in [-0.25, -0.2) is 9.97 Å². The lowest BCUT2D eigenvalue weighted by molar-refractivity contribution is 0.0183. The molecule has 1 atom stereocenters. The fourth-order valence-electron chi connectivity index (χ4n) is 4.38. The highest BCUT2D eigenvalue weighted by atomic mass is 16.5. The number of hydrogen-bond acceptors (Lipinski definition) is 6. The molecule has 7 heteroatoms. The van der Waals surface area contributed by atoms with Crippen LogP contribution in [0.3, 0.4) is 0 Å². The molecule has 1 N–H and O–H groups in total.